The molecule has 0 radical (unpaired) electrons. The molecule has 0 saturated carbocycles. The van der Waals surface area contributed by atoms with Crippen molar-refractivity contribution in [2.75, 3.05) is 13.2 Å². The molecule has 1 aromatic heterocycles. The molecule has 5 nitrogen and oxygen atoms in total. The first-order chi connectivity index (χ1) is 11.7. The number of phenols is 1. The molecule has 1 aliphatic heterocycles. The smallest absolute Gasteiger partial charge is 0.220 e. The van der Waals surface area contributed by atoms with Crippen LogP contribution in [-0.4, -0.2) is 35.3 Å². The highest BCUT2D eigenvalue weighted by molar-refractivity contribution is 5.76. The first-order valence-corrected chi connectivity index (χ1v) is 8.24. The van der Waals surface area contributed by atoms with E-state index >= 15 is 0 Å². The van der Waals surface area contributed by atoms with Crippen LogP contribution in [0.25, 0.3) is 0 Å². The summed E-state index contributed by atoms with van der Waals surface area (Å²) in [6, 6.07) is 11.1. The molecule has 2 N–H and O–H groups in total. The van der Waals surface area contributed by atoms with Gasteiger partial charge < -0.3 is 15.2 Å². The topological polar surface area (TPSA) is 71.5 Å². The SMILES string of the molecule is O=C(CCc1cccc(O)c1)N[C@@H]1COC[C@H]1Cc1ccncc1. The second-order valence-electron chi connectivity index (χ2n) is 6.20. The molecule has 1 saturated heterocycles. The van der Waals surface area contributed by atoms with E-state index in [0.29, 0.717) is 26.1 Å². The molecule has 2 aromatic rings. The summed E-state index contributed by atoms with van der Waals surface area (Å²) in [5.41, 5.74) is 2.17. The van der Waals surface area contributed by atoms with E-state index in [-0.39, 0.29) is 23.6 Å². The molecule has 2 atom stereocenters. The third kappa shape index (κ3) is 4.55. The van der Waals surface area contributed by atoms with Gasteiger partial charge in [-0.05, 0) is 48.2 Å². The van der Waals surface area contributed by atoms with E-state index in [1.165, 1.54) is 5.56 Å². The number of aryl methyl sites for hydroxylation is 1. The van der Waals surface area contributed by atoms with Crippen LogP contribution in [0.15, 0.2) is 48.8 Å². The van der Waals surface area contributed by atoms with Gasteiger partial charge in [0.2, 0.25) is 5.91 Å². The molecule has 0 unspecified atom stereocenters. The maximum Gasteiger partial charge on any atom is 0.220 e. The van der Waals surface area contributed by atoms with E-state index in [2.05, 4.69) is 10.3 Å². The first-order valence-electron chi connectivity index (χ1n) is 8.24. The summed E-state index contributed by atoms with van der Waals surface area (Å²) in [4.78, 5) is 16.2. The summed E-state index contributed by atoms with van der Waals surface area (Å²) in [5, 5.41) is 12.6. The molecular formula is C19H22N2O3. The van der Waals surface area contributed by atoms with Crippen LogP contribution in [0.1, 0.15) is 17.5 Å². The standard InChI is InChI=1S/C19H22N2O3/c22-17-3-1-2-14(11-17)4-5-19(23)21-18-13-24-12-16(18)10-15-6-8-20-9-7-15/h1-3,6-9,11,16,18,22H,4-5,10,12-13H2,(H,21,23)/t16-,18-/m1/s1. The molecule has 1 aliphatic rings. The molecule has 0 spiro atoms. The number of pyridine rings is 1. The van der Waals surface area contributed by atoms with Crippen LogP contribution in [0, 0.1) is 5.92 Å². The number of phenolic OH excluding ortho intramolecular Hbond substituents is 1. The largest absolute Gasteiger partial charge is 0.508 e. The molecule has 1 aromatic carbocycles. The molecular weight excluding hydrogens is 304 g/mol. The van der Waals surface area contributed by atoms with Crippen LogP contribution >= 0.6 is 0 Å². The van der Waals surface area contributed by atoms with Crippen molar-refractivity contribution in [3.8, 4) is 5.75 Å². The molecule has 2 heterocycles. The minimum absolute atomic E-state index is 0.0218. The Morgan fingerprint density at radius 1 is 1.21 bits per heavy atom. The van der Waals surface area contributed by atoms with E-state index in [4.69, 9.17) is 4.74 Å². The second-order valence-corrected chi connectivity index (χ2v) is 6.20. The van der Waals surface area contributed by atoms with Crippen LogP contribution in [-0.2, 0) is 22.4 Å². The van der Waals surface area contributed by atoms with E-state index in [1.54, 1.807) is 30.6 Å². The maximum absolute atomic E-state index is 12.2. The van der Waals surface area contributed by atoms with Gasteiger partial charge >= 0.3 is 0 Å². The number of hydrogen-bond donors (Lipinski definition) is 2. The Morgan fingerprint density at radius 3 is 2.83 bits per heavy atom. The lowest BCUT2D eigenvalue weighted by atomic mass is 9.95. The zero-order chi connectivity index (χ0) is 16.8. The number of hydrogen-bond acceptors (Lipinski definition) is 4. The highest BCUT2D eigenvalue weighted by Crippen LogP contribution is 2.19. The molecule has 3 rings (SSSR count). The maximum atomic E-state index is 12.2. The second kappa shape index (κ2) is 7.93. The lowest BCUT2D eigenvalue weighted by molar-refractivity contribution is -0.122. The quantitative estimate of drug-likeness (QED) is 0.853. The van der Waals surface area contributed by atoms with Crippen LogP contribution in [0.3, 0.4) is 0 Å². The monoisotopic (exact) mass is 326 g/mol. The van der Waals surface area contributed by atoms with Crippen molar-refractivity contribution >= 4 is 5.91 Å². The van der Waals surface area contributed by atoms with Crippen LogP contribution in [0.5, 0.6) is 5.75 Å². The fourth-order valence-electron chi connectivity index (χ4n) is 3.03. The number of rotatable bonds is 6. The Kier molecular flexibility index (Phi) is 5.43. The van der Waals surface area contributed by atoms with Crippen molar-refractivity contribution < 1.29 is 14.6 Å². The Hall–Kier alpha value is -2.40. The number of nitrogens with zero attached hydrogens (tertiary/aromatic N) is 1. The third-order valence-corrected chi connectivity index (χ3v) is 4.34. The van der Waals surface area contributed by atoms with Gasteiger partial charge in [0, 0.05) is 24.7 Å². The van der Waals surface area contributed by atoms with Crippen molar-refractivity contribution in [1.82, 2.24) is 10.3 Å². The van der Waals surface area contributed by atoms with E-state index in [9.17, 15) is 9.90 Å². The number of nitrogens with one attached hydrogen (secondary N) is 1. The molecule has 0 aliphatic carbocycles. The van der Waals surface area contributed by atoms with E-state index in [0.717, 1.165) is 12.0 Å². The van der Waals surface area contributed by atoms with Crippen molar-refractivity contribution in [2.24, 2.45) is 5.92 Å². The van der Waals surface area contributed by atoms with Gasteiger partial charge in [0.15, 0.2) is 0 Å². The fraction of sp³-hybridized carbons (Fsp3) is 0.368. The molecule has 0 bridgehead atoms. The third-order valence-electron chi connectivity index (χ3n) is 4.34. The van der Waals surface area contributed by atoms with Gasteiger partial charge in [0.25, 0.3) is 0 Å². The summed E-state index contributed by atoms with van der Waals surface area (Å²) in [6.07, 6.45) is 5.47. The highest BCUT2D eigenvalue weighted by Gasteiger charge is 2.29. The average molecular weight is 326 g/mol. The Morgan fingerprint density at radius 2 is 2.04 bits per heavy atom. The number of amides is 1. The number of ether oxygens (including phenoxy) is 1. The lowest BCUT2D eigenvalue weighted by Gasteiger charge is -2.19. The van der Waals surface area contributed by atoms with Crippen LogP contribution in [0.4, 0.5) is 0 Å². The van der Waals surface area contributed by atoms with E-state index in [1.807, 2.05) is 18.2 Å². The number of carbonyl (C=O) groups is 1. The molecule has 24 heavy (non-hydrogen) atoms. The number of benzene rings is 1. The van der Waals surface area contributed by atoms with Crippen LogP contribution < -0.4 is 5.32 Å². The van der Waals surface area contributed by atoms with Gasteiger partial charge in [-0.2, -0.15) is 0 Å². The summed E-state index contributed by atoms with van der Waals surface area (Å²) < 4.78 is 5.56. The zero-order valence-electron chi connectivity index (χ0n) is 13.5. The highest BCUT2D eigenvalue weighted by atomic mass is 16.5. The van der Waals surface area contributed by atoms with Crippen molar-refractivity contribution in [2.45, 2.75) is 25.3 Å². The Labute approximate surface area is 141 Å². The normalized spacial score (nSPS) is 20.0. The van der Waals surface area contributed by atoms with Crippen LogP contribution in [0.2, 0.25) is 0 Å². The fourth-order valence-corrected chi connectivity index (χ4v) is 3.03. The molecule has 126 valence electrons. The first kappa shape index (κ1) is 16.5. The molecule has 1 fully saturated rings. The Balaban J connectivity index is 1.49. The Bertz CT molecular complexity index is 675. The summed E-state index contributed by atoms with van der Waals surface area (Å²) in [5.74, 6) is 0.542. The average Bonchev–Trinajstić information content (AvgIpc) is 3.01. The summed E-state index contributed by atoms with van der Waals surface area (Å²) in [7, 11) is 0. The van der Waals surface area contributed by atoms with Gasteiger partial charge in [0.1, 0.15) is 5.75 Å². The van der Waals surface area contributed by atoms with Crippen molar-refractivity contribution in [1.29, 1.82) is 0 Å². The molecule has 1 amide bonds. The number of aromatic nitrogens is 1. The number of aromatic hydroxyl groups is 1. The minimum Gasteiger partial charge on any atom is -0.508 e. The minimum atomic E-state index is 0.0218. The van der Waals surface area contributed by atoms with Gasteiger partial charge in [-0.15, -0.1) is 0 Å². The predicted molar refractivity (Wildman–Crippen MR) is 90.6 cm³/mol. The van der Waals surface area contributed by atoms with Crippen molar-refractivity contribution in [3.05, 3.63) is 59.9 Å². The van der Waals surface area contributed by atoms with Gasteiger partial charge in [-0.25, -0.2) is 0 Å². The number of carbonyl (C=O) groups excluding carboxylic acids is 1. The van der Waals surface area contributed by atoms with Gasteiger partial charge in [-0.1, -0.05) is 12.1 Å². The molecule has 5 heteroatoms. The van der Waals surface area contributed by atoms with E-state index < -0.39 is 0 Å². The predicted octanol–water partition coefficient (Wildman–Crippen LogP) is 2.09. The summed E-state index contributed by atoms with van der Waals surface area (Å²) in [6.45, 7) is 1.23. The van der Waals surface area contributed by atoms with Crippen molar-refractivity contribution in [3.63, 3.8) is 0 Å². The zero-order valence-corrected chi connectivity index (χ0v) is 13.5. The lowest BCUT2D eigenvalue weighted by Crippen LogP contribution is -2.40. The summed E-state index contributed by atoms with van der Waals surface area (Å²) >= 11 is 0. The van der Waals surface area contributed by atoms with Gasteiger partial charge in [-0.3, -0.25) is 9.78 Å². The van der Waals surface area contributed by atoms with Gasteiger partial charge in [0.05, 0.1) is 19.3 Å².